The number of hydrogen-bond donors (Lipinski definition) is 2. The molecule has 102 valence electrons. The van der Waals surface area contributed by atoms with Gasteiger partial charge in [-0.15, -0.1) is 0 Å². The highest BCUT2D eigenvalue weighted by Gasteiger charge is 2.25. The molecular formula is C13H28N2O2. The van der Waals surface area contributed by atoms with E-state index < -0.39 is 0 Å². The molecule has 3 N–H and O–H groups in total. The predicted octanol–water partition coefficient (Wildman–Crippen LogP) is 1.70. The molecular weight excluding hydrogens is 216 g/mol. The molecule has 4 heteroatoms. The highest BCUT2D eigenvalue weighted by atomic mass is 16.5. The van der Waals surface area contributed by atoms with Crippen LogP contribution in [0.5, 0.6) is 0 Å². The van der Waals surface area contributed by atoms with Crippen LogP contribution in [-0.2, 0) is 9.47 Å². The molecule has 0 radical (unpaired) electrons. The second-order valence-corrected chi connectivity index (χ2v) is 5.20. The predicted molar refractivity (Wildman–Crippen MR) is 69.5 cm³/mol. The molecule has 0 bridgehead atoms. The first-order valence-corrected chi connectivity index (χ1v) is 6.80. The summed E-state index contributed by atoms with van der Waals surface area (Å²) in [5.74, 6) is 7.22. The van der Waals surface area contributed by atoms with Crippen LogP contribution in [0.2, 0.25) is 0 Å². The number of rotatable bonds is 8. The van der Waals surface area contributed by atoms with Crippen molar-refractivity contribution in [2.75, 3.05) is 26.9 Å². The maximum atomic E-state index is 5.66. The molecule has 17 heavy (non-hydrogen) atoms. The molecule has 3 atom stereocenters. The zero-order valence-electron chi connectivity index (χ0n) is 11.3. The first kappa shape index (κ1) is 14.9. The third-order valence-corrected chi connectivity index (χ3v) is 3.77. The molecule has 0 aromatic rings. The van der Waals surface area contributed by atoms with Crippen molar-refractivity contribution in [3.8, 4) is 0 Å². The van der Waals surface area contributed by atoms with Gasteiger partial charge in [0.15, 0.2) is 0 Å². The minimum Gasteiger partial charge on any atom is -0.382 e. The van der Waals surface area contributed by atoms with E-state index in [9.17, 15) is 0 Å². The average molecular weight is 244 g/mol. The van der Waals surface area contributed by atoms with Gasteiger partial charge in [0, 0.05) is 19.8 Å². The Bertz CT molecular complexity index is 190. The van der Waals surface area contributed by atoms with Crippen LogP contribution in [0.25, 0.3) is 0 Å². The third-order valence-electron chi connectivity index (χ3n) is 3.77. The standard InChI is InChI=1S/C13H28N2O2/c1-11-4-3-5-12(10-11)13(15-14)6-7-17-9-8-16-2/h11-13,15H,3-10,14H2,1-2H3. The van der Waals surface area contributed by atoms with Crippen LogP contribution in [0.1, 0.15) is 39.0 Å². The van der Waals surface area contributed by atoms with E-state index in [1.165, 1.54) is 25.7 Å². The van der Waals surface area contributed by atoms with Crippen molar-refractivity contribution in [3.05, 3.63) is 0 Å². The second kappa shape index (κ2) is 8.86. The molecule has 1 saturated carbocycles. The highest BCUT2D eigenvalue weighted by Crippen LogP contribution is 2.31. The van der Waals surface area contributed by atoms with Crippen molar-refractivity contribution in [1.82, 2.24) is 5.43 Å². The molecule has 3 unspecified atom stereocenters. The lowest BCUT2D eigenvalue weighted by atomic mass is 9.78. The van der Waals surface area contributed by atoms with Gasteiger partial charge < -0.3 is 9.47 Å². The molecule has 1 rings (SSSR count). The molecule has 0 saturated heterocycles. The van der Waals surface area contributed by atoms with E-state index in [2.05, 4.69) is 12.3 Å². The van der Waals surface area contributed by atoms with E-state index in [0.29, 0.717) is 19.3 Å². The summed E-state index contributed by atoms with van der Waals surface area (Å²) in [5.41, 5.74) is 2.97. The fourth-order valence-corrected chi connectivity index (χ4v) is 2.76. The molecule has 1 aliphatic rings. The number of hydrogen-bond acceptors (Lipinski definition) is 4. The number of hydrazine groups is 1. The highest BCUT2D eigenvalue weighted by molar-refractivity contribution is 4.80. The zero-order valence-corrected chi connectivity index (χ0v) is 11.3. The fourth-order valence-electron chi connectivity index (χ4n) is 2.76. The van der Waals surface area contributed by atoms with E-state index in [1.54, 1.807) is 7.11 Å². The van der Waals surface area contributed by atoms with Gasteiger partial charge >= 0.3 is 0 Å². The summed E-state index contributed by atoms with van der Waals surface area (Å²) in [5, 5.41) is 0. The van der Waals surface area contributed by atoms with E-state index in [0.717, 1.165) is 24.9 Å². The maximum Gasteiger partial charge on any atom is 0.0700 e. The van der Waals surface area contributed by atoms with Gasteiger partial charge in [0.05, 0.1) is 13.2 Å². The fraction of sp³-hybridized carbons (Fsp3) is 1.00. The Balaban J connectivity index is 2.18. The summed E-state index contributed by atoms with van der Waals surface area (Å²) < 4.78 is 10.4. The maximum absolute atomic E-state index is 5.66. The van der Waals surface area contributed by atoms with Crippen LogP contribution in [0, 0.1) is 11.8 Å². The number of nitrogens with one attached hydrogen (secondary N) is 1. The molecule has 0 aliphatic heterocycles. The van der Waals surface area contributed by atoms with Gasteiger partial charge in [-0.3, -0.25) is 11.3 Å². The van der Waals surface area contributed by atoms with Crippen molar-refractivity contribution in [1.29, 1.82) is 0 Å². The Morgan fingerprint density at radius 2 is 2.12 bits per heavy atom. The third kappa shape index (κ3) is 5.82. The molecule has 0 heterocycles. The molecule has 0 aromatic carbocycles. The largest absolute Gasteiger partial charge is 0.382 e. The number of ether oxygens (including phenoxy) is 2. The Kier molecular flexibility index (Phi) is 7.77. The number of nitrogens with two attached hydrogens (primary N) is 1. The summed E-state index contributed by atoms with van der Waals surface area (Å²) in [6.45, 7) is 4.45. The van der Waals surface area contributed by atoms with Gasteiger partial charge in [-0.2, -0.15) is 0 Å². The van der Waals surface area contributed by atoms with Crippen LogP contribution in [0.3, 0.4) is 0 Å². The van der Waals surface area contributed by atoms with Crippen LogP contribution in [-0.4, -0.2) is 33.0 Å². The lowest BCUT2D eigenvalue weighted by Gasteiger charge is -2.32. The van der Waals surface area contributed by atoms with Crippen LogP contribution in [0.4, 0.5) is 0 Å². The van der Waals surface area contributed by atoms with E-state index in [4.69, 9.17) is 15.3 Å². The molecule has 0 spiro atoms. The molecule has 1 fully saturated rings. The Hall–Kier alpha value is -0.160. The zero-order chi connectivity index (χ0) is 12.5. The minimum atomic E-state index is 0.403. The van der Waals surface area contributed by atoms with Gasteiger partial charge in [0.2, 0.25) is 0 Å². The minimum absolute atomic E-state index is 0.403. The van der Waals surface area contributed by atoms with Crippen molar-refractivity contribution in [2.24, 2.45) is 17.7 Å². The van der Waals surface area contributed by atoms with Crippen molar-refractivity contribution < 1.29 is 9.47 Å². The van der Waals surface area contributed by atoms with Crippen molar-refractivity contribution in [3.63, 3.8) is 0 Å². The molecule has 4 nitrogen and oxygen atoms in total. The molecule has 0 amide bonds. The van der Waals surface area contributed by atoms with Gasteiger partial charge in [-0.25, -0.2) is 0 Å². The van der Waals surface area contributed by atoms with Gasteiger partial charge in [-0.05, 0) is 31.1 Å². The molecule has 0 aromatic heterocycles. The van der Waals surface area contributed by atoms with Gasteiger partial charge in [0.25, 0.3) is 0 Å². The van der Waals surface area contributed by atoms with Crippen LogP contribution < -0.4 is 11.3 Å². The van der Waals surface area contributed by atoms with Crippen LogP contribution in [0.15, 0.2) is 0 Å². The summed E-state index contributed by atoms with van der Waals surface area (Å²) >= 11 is 0. The van der Waals surface area contributed by atoms with Crippen LogP contribution >= 0.6 is 0 Å². The lowest BCUT2D eigenvalue weighted by molar-refractivity contribution is 0.0603. The normalized spacial score (nSPS) is 27.0. The van der Waals surface area contributed by atoms with Gasteiger partial charge in [0.1, 0.15) is 0 Å². The average Bonchev–Trinajstić information content (AvgIpc) is 2.34. The van der Waals surface area contributed by atoms with E-state index >= 15 is 0 Å². The smallest absolute Gasteiger partial charge is 0.0700 e. The van der Waals surface area contributed by atoms with E-state index in [1.807, 2.05) is 0 Å². The summed E-state index contributed by atoms with van der Waals surface area (Å²) in [6.07, 6.45) is 6.31. The molecule has 1 aliphatic carbocycles. The summed E-state index contributed by atoms with van der Waals surface area (Å²) in [7, 11) is 1.69. The van der Waals surface area contributed by atoms with Crippen molar-refractivity contribution >= 4 is 0 Å². The monoisotopic (exact) mass is 244 g/mol. The first-order valence-electron chi connectivity index (χ1n) is 6.80. The first-order chi connectivity index (χ1) is 8.27. The number of methoxy groups -OCH3 is 1. The van der Waals surface area contributed by atoms with Crippen molar-refractivity contribution in [2.45, 2.75) is 45.1 Å². The Labute approximate surface area is 105 Å². The van der Waals surface area contributed by atoms with E-state index in [-0.39, 0.29) is 0 Å². The second-order valence-electron chi connectivity index (χ2n) is 5.20. The Morgan fingerprint density at radius 3 is 2.76 bits per heavy atom. The topological polar surface area (TPSA) is 56.5 Å². The van der Waals surface area contributed by atoms with Gasteiger partial charge in [-0.1, -0.05) is 19.8 Å². The SMILES string of the molecule is COCCOCCC(NN)C1CCCC(C)C1. The lowest BCUT2D eigenvalue weighted by Crippen LogP contribution is -2.43. The Morgan fingerprint density at radius 1 is 1.29 bits per heavy atom. The summed E-state index contributed by atoms with van der Waals surface area (Å²) in [4.78, 5) is 0. The summed E-state index contributed by atoms with van der Waals surface area (Å²) in [6, 6.07) is 0.403. The quantitative estimate of drug-likeness (QED) is 0.388.